The number of nitrogens with zero attached hydrogens (tertiary/aromatic N) is 1. The van der Waals surface area contributed by atoms with Gasteiger partial charge < -0.3 is 15.4 Å². The second kappa shape index (κ2) is 8.11. The van der Waals surface area contributed by atoms with Gasteiger partial charge in [-0.2, -0.15) is 0 Å². The Balaban J connectivity index is 1.51. The number of urea groups is 1. The lowest BCUT2D eigenvalue weighted by molar-refractivity contribution is 0.0452. The summed E-state index contributed by atoms with van der Waals surface area (Å²) < 4.78 is 5.48. The molecule has 1 heterocycles. The molecule has 128 valence electrons. The lowest BCUT2D eigenvalue weighted by Crippen LogP contribution is -2.49. The van der Waals surface area contributed by atoms with Crippen LogP contribution in [0, 0.1) is 0 Å². The summed E-state index contributed by atoms with van der Waals surface area (Å²) in [6.45, 7) is 0.601. The average molecular weight is 327 g/mol. The van der Waals surface area contributed by atoms with E-state index in [0.29, 0.717) is 6.54 Å². The molecule has 1 fully saturated rings. The fraction of sp³-hybridized carbons (Fsp3) is 0.474. The minimum atomic E-state index is -0.109. The number of carbonyl (C=O) groups is 1. The van der Waals surface area contributed by atoms with Crippen LogP contribution in [-0.2, 0) is 11.2 Å². The molecular weight excluding hydrogens is 302 g/mol. The summed E-state index contributed by atoms with van der Waals surface area (Å²) in [6.07, 6.45) is 7.07. The number of ether oxygens (including phenoxy) is 1. The van der Waals surface area contributed by atoms with Gasteiger partial charge in [0.1, 0.15) is 0 Å². The third-order valence-electron chi connectivity index (χ3n) is 4.74. The Morgan fingerprint density at radius 3 is 2.96 bits per heavy atom. The zero-order chi connectivity index (χ0) is 16.8. The largest absolute Gasteiger partial charge is 0.379 e. The number of hydrogen-bond donors (Lipinski definition) is 2. The maximum atomic E-state index is 12.1. The number of hydrogen-bond acceptors (Lipinski definition) is 3. The molecule has 2 atom stereocenters. The smallest absolute Gasteiger partial charge is 0.315 e. The first-order valence-corrected chi connectivity index (χ1v) is 8.67. The highest BCUT2D eigenvalue weighted by Crippen LogP contribution is 2.20. The van der Waals surface area contributed by atoms with Gasteiger partial charge in [0.25, 0.3) is 0 Å². The molecule has 24 heavy (non-hydrogen) atoms. The van der Waals surface area contributed by atoms with Gasteiger partial charge in [0.05, 0.1) is 17.7 Å². The predicted molar refractivity (Wildman–Crippen MR) is 95.0 cm³/mol. The van der Waals surface area contributed by atoms with E-state index in [2.05, 4.69) is 21.7 Å². The Morgan fingerprint density at radius 2 is 2.08 bits per heavy atom. The van der Waals surface area contributed by atoms with Crippen LogP contribution in [0.4, 0.5) is 4.79 Å². The number of benzene rings is 1. The first-order valence-electron chi connectivity index (χ1n) is 8.67. The number of para-hydroxylation sites is 1. The van der Waals surface area contributed by atoms with Crippen LogP contribution in [0.25, 0.3) is 10.9 Å². The van der Waals surface area contributed by atoms with Crippen LogP contribution >= 0.6 is 0 Å². The molecule has 0 radical (unpaired) electrons. The third kappa shape index (κ3) is 4.03. The molecule has 1 aromatic carbocycles. The second-order valence-electron chi connectivity index (χ2n) is 6.30. The lowest BCUT2D eigenvalue weighted by atomic mass is 9.92. The fourth-order valence-corrected chi connectivity index (χ4v) is 3.45. The summed E-state index contributed by atoms with van der Waals surface area (Å²) in [6, 6.07) is 10.1. The van der Waals surface area contributed by atoms with E-state index in [1.165, 1.54) is 12.0 Å². The molecule has 5 nitrogen and oxygen atoms in total. The van der Waals surface area contributed by atoms with E-state index >= 15 is 0 Å². The van der Waals surface area contributed by atoms with E-state index in [1.807, 2.05) is 30.5 Å². The number of pyridine rings is 1. The van der Waals surface area contributed by atoms with Gasteiger partial charge in [-0.3, -0.25) is 4.98 Å². The number of fused-ring (bicyclic) bond motifs is 1. The molecule has 0 aliphatic heterocycles. The SMILES string of the molecule is CO[C@H]1CCCC[C@@H]1NC(=O)NCCc1ccnc2ccccc12. The van der Waals surface area contributed by atoms with Gasteiger partial charge in [-0.15, -0.1) is 0 Å². The Kier molecular flexibility index (Phi) is 5.64. The van der Waals surface area contributed by atoms with Crippen LogP contribution in [0.1, 0.15) is 31.2 Å². The molecule has 0 saturated heterocycles. The van der Waals surface area contributed by atoms with Crippen molar-refractivity contribution >= 4 is 16.9 Å². The Labute approximate surface area is 142 Å². The standard InChI is InChI=1S/C19H25N3O2/c1-24-18-9-5-4-8-17(18)22-19(23)21-13-11-14-10-12-20-16-7-3-2-6-15(14)16/h2-3,6-7,10,12,17-18H,4-5,8-9,11,13H2,1H3,(H2,21,22,23)/t17-,18-/m0/s1. The van der Waals surface area contributed by atoms with E-state index in [1.54, 1.807) is 7.11 Å². The molecule has 1 aliphatic rings. The van der Waals surface area contributed by atoms with Gasteiger partial charge in [-0.05, 0) is 37.0 Å². The van der Waals surface area contributed by atoms with Gasteiger partial charge >= 0.3 is 6.03 Å². The fourth-order valence-electron chi connectivity index (χ4n) is 3.45. The molecule has 2 N–H and O–H groups in total. The summed E-state index contributed by atoms with van der Waals surface area (Å²) >= 11 is 0. The Morgan fingerprint density at radius 1 is 1.25 bits per heavy atom. The minimum Gasteiger partial charge on any atom is -0.379 e. The average Bonchev–Trinajstić information content (AvgIpc) is 2.62. The molecule has 5 heteroatoms. The molecule has 0 spiro atoms. The summed E-state index contributed by atoms with van der Waals surface area (Å²) in [4.78, 5) is 16.5. The molecule has 1 aliphatic carbocycles. The van der Waals surface area contributed by atoms with Crippen molar-refractivity contribution in [2.75, 3.05) is 13.7 Å². The van der Waals surface area contributed by atoms with Gasteiger partial charge in [0.2, 0.25) is 0 Å². The van der Waals surface area contributed by atoms with Crippen molar-refractivity contribution in [3.63, 3.8) is 0 Å². The van der Waals surface area contributed by atoms with Crippen LogP contribution in [-0.4, -0.2) is 36.8 Å². The van der Waals surface area contributed by atoms with Crippen LogP contribution < -0.4 is 10.6 Å². The number of amides is 2. The van der Waals surface area contributed by atoms with Crippen molar-refractivity contribution in [1.82, 2.24) is 15.6 Å². The van der Waals surface area contributed by atoms with Crippen LogP contribution in [0.15, 0.2) is 36.5 Å². The molecule has 2 amide bonds. The van der Waals surface area contributed by atoms with Crippen molar-refractivity contribution in [1.29, 1.82) is 0 Å². The van der Waals surface area contributed by atoms with Crippen molar-refractivity contribution in [2.45, 2.75) is 44.2 Å². The molecule has 3 rings (SSSR count). The number of aromatic nitrogens is 1. The van der Waals surface area contributed by atoms with Crippen LogP contribution in [0.5, 0.6) is 0 Å². The highest BCUT2D eigenvalue weighted by atomic mass is 16.5. The molecule has 1 aromatic heterocycles. The zero-order valence-corrected chi connectivity index (χ0v) is 14.1. The monoisotopic (exact) mass is 327 g/mol. The summed E-state index contributed by atoms with van der Waals surface area (Å²) in [5.74, 6) is 0. The van der Waals surface area contributed by atoms with E-state index in [4.69, 9.17) is 4.74 Å². The van der Waals surface area contributed by atoms with Gasteiger partial charge in [-0.1, -0.05) is 31.0 Å². The van der Waals surface area contributed by atoms with Gasteiger partial charge in [0, 0.05) is 25.2 Å². The highest BCUT2D eigenvalue weighted by molar-refractivity contribution is 5.82. The maximum Gasteiger partial charge on any atom is 0.315 e. The summed E-state index contributed by atoms with van der Waals surface area (Å²) in [5.41, 5.74) is 2.19. The molecular formula is C19H25N3O2. The minimum absolute atomic E-state index is 0.109. The first kappa shape index (κ1) is 16.7. The van der Waals surface area contributed by atoms with Crippen molar-refractivity contribution in [2.24, 2.45) is 0 Å². The quantitative estimate of drug-likeness (QED) is 0.887. The van der Waals surface area contributed by atoms with Crippen molar-refractivity contribution in [3.8, 4) is 0 Å². The zero-order valence-electron chi connectivity index (χ0n) is 14.1. The Bertz CT molecular complexity index is 684. The molecule has 0 bridgehead atoms. The summed E-state index contributed by atoms with van der Waals surface area (Å²) in [7, 11) is 1.72. The maximum absolute atomic E-state index is 12.1. The highest BCUT2D eigenvalue weighted by Gasteiger charge is 2.26. The van der Waals surface area contributed by atoms with Gasteiger partial charge in [0.15, 0.2) is 0 Å². The van der Waals surface area contributed by atoms with Crippen LogP contribution in [0.3, 0.4) is 0 Å². The molecule has 2 aromatic rings. The molecule has 0 unspecified atom stereocenters. The lowest BCUT2D eigenvalue weighted by Gasteiger charge is -2.31. The molecule has 1 saturated carbocycles. The van der Waals surface area contributed by atoms with E-state index in [0.717, 1.165) is 36.6 Å². The second-order valence-corrected chi connectivity index (χ2v) is 6.30. The topological polar surface area (TPSA) is 63.2 Å². The first-order chi connectivity index (χ1) is 11.8. The van der Waals surface area contributed by atoms with Crippen molar-refractivity contribution in [3.05, 3.63) is 42.1 Å². The Hall–Kier alpha value is -2.14. The normalized spacial score (nSPS) is 20.7. The predicted octanol–water partition coefficient (Wildman–Crippen LogP) is 3.03. The summed E-state index contributed by atoms with van der Waals surface area (Å²) in [5, 5.41) is 7.16. The number of rotatable bonds is 5. The van der Waals surface area contributed by atoms with Crippen molar-refractivity contribution < 1.29 is 9.53 Å². The number of carbonyl (C=O) groups excluding carboxylic acids is 1. The van der Waals surface area contributed by atoms with E-state index in [9.17, 15) is 4.79 Å². The number of methoxy groups -OCH3 is 1. The number of nitrogens with one attached hydrogen (secondary N) is 2. The van der Waals surface area contributed by atoms with Crippen LogP contribution in [0.2, 0.25) is 0 Å². The van der Waals surface area contributed by atoms with Gasteiger partial charge in [-0.25, -0.2) is 4.79 Å². The van der Waals surface area contributed by atoms with E-state index < -0.39 is 0 Å². The van der Waals surface area contributed by atoms with E-state index in [-0.39, 0.29) is 18.2 Å². The third-order valence-corrected chi connectivity index (χ3v) is 4.74.